The van der Waals surface area contributed by atoms with Crippen LogP contribution in [0.25, 0.3) is 16.8 Å². The highest BCUT2D eigenvalue weighted by atomic mass is 16.6. The van der Waals surface area contributed by atoms with E-state index in [9.17, 15) is 20.2 Å². The minimum absolute atomic E-state index is 0.00145. The molecule has 0 bridgehead atoms. The molecule has 0 radical (unpaired) electrons. The minimum Gasteiger partial charge on any atom is -0.488 e. The molecule has 0 spiro atoms. The fraction of sp³-hybridized carbons (Fsp3) is 0.103. The van der Waals surface area contributed by atoms with Crippen LogP contribution in [0.2, 0.25) is 0 Å². The van der Waals surface area contributed by atoms with E-state index in [4.69, 9.17) is 4.74 Å². The van der Waals surface area contributed by atoms with E-state index < -0.39 is 10.8 Å². The molecule has 0 aliphatic heterocycles. The predicted molar refractivity (Wildman–Crippen MR) is 140 cm³/mol. The van der Waals surface area contributed by atoms with E-state index in [1.165, 1.54) is 18.2 Å². The summed E-state index contributed by atoms with van der Waals surface area (Å²) in [5.74, 6) is -0.0298. The zero-order chi connectivity index (χ0) is 25.7. The van der Waals surface area contributed by atoms with Gasteiger partial charge in [0.2, 0.25) is 0 Å². The zero-order valence-electron chi connectivity index (χ0n) is 19.8. The number of carbonyl (C=O) groups is 1. The number of nitro benzene ring substituents is 1. The average Bonchev–Trinajstić information content (AvgIpc) is 2.88. The first-order valence-corrected chi connectivity index (χ1v) is 11.2. The second-order valence-corrected chi connectivity index (χ2v) is 8.35. The summed E-state index contributed by atoms with van der Waals surface area (Å²) in [5, 5.41) is 25.3. The summed E-state index contributed by atoms with van der Waals surface area (Å²) < 4.78 is 6.05. The third-order valence-electron chi connectivity index (χ3n) is 5.76. The number of amides is 1. The number of nitro groups is 1. The van der Waals surface area contributed by atoms with Crippen molar-refractivity contribution in [3.8, 4) is 11.8 Å². The Balaban J connectivity index is 1.67. The number of aryl methyl sites for hydroxylation is 2. The molecular weight excluding hydrogens is 454 g/mol. The molecule has 0 aliphatic carbocycles. The SMILES string of the molecule is Cc1ccc(NC(=O)/C(C#N)=C/c2c(OCc3ccc([N+](=O)[O-])cc3)ccc3ccccc23)c(C)c1. The van der Waals surface area contributed by atoms with Crippen LogP contribution >= 0.6 is 0 Å². The molecule has 4 rings (SSSR count). The topological polar surface area (TPSA) is 105 Å². The largest absolute Gasteiger partial charge is 0.488 e. The van der Waals surface area contributed by atoms with E-state index in [2.05, 4.69) is 5.32 Å². The fourth-order valence-electron chi connectivity index (χ4n) is 3.86. The highest BCUT2D eigenvalue weighted by Gasteiger charge is 2.15. The standard InChI is InChI=1S/C29H23N3O4/c1-19-7-13-27(20(2)15-19)31-29(33)23(17-30)16-26-25-6-4-3-5-22(25)10-14-28(26)36-18-21-8-11-24(12-9-21)32(34)35/h3-16H,18H2,1-2H3,(H,31,33)/b23-16+. The Morgan fingerprint density at radius 1 is 1.06 bits per heavy atom. The lowest BCUT2D eigenvalue weighted by Gasteiger charge is -2.13. The Morgan fingerprint density at radius 3 is 2.50 bits per heavy atom. The quantitative estimate of drug-likeness (QED) is 0.142. The lowest BCUT2D eigenvalue weighted by atomic mass is 10.0. The van der Waals surface area contributed by atoms with Crippen LogP contribution in [0.4, 0.5) is 11.4 Å². The van der Waals surface area contributed by atoms with Gasteiger partial charge >= 0.3 is 0 Å². The molecule has 36 heavy (non-hydrogen) atoms. The Kier molecular flexibility index (Phi) is 7.07. The van der Waals surface area contributed by atoms with E-state index >= 15 is 0 Å². The Bertz CT molecular complexity index is 1530. The van der Waals surface area contributed by atoms with Gasteiger partial charge in [-0.3, -0.25) is 14.9 Å². The van der Waals surface area contributed by atoms with Crippen LogP contribution in [0.5, 0.6) is 5.75 Å². The highest BCUT2D eigenvalue weighted by molar-refractivity contribution is 6.11. The molecule has 7 nitrogen and oxygen atoms in total. The second kappa shape index (κ2) is 10.5. The van der Waals surface area contributed by atoms with Gasteiger partial charge in [0.1, 0.15) is 24.0 Å². The van der Waals surface area contributed by atoms with E-state index in [-0.39, 0.29) is 17.9 Å². The van der Waals surface area contributed by atoms with E-state index in [0.717, 1.165) is 27.5 Å². The lowest BCUT2D eigenvalue weighted by molar-refractivity contribution is -0.384. The molecule has 0 unspecified atom stereocenters. The van der Waals surface area contributed by atoms with Gasteiger partial charge in [-0.15, -0.1) is 0 Å². The van der Waals surface area contributed by atoms with Crippen LogP contribution in [0.15, 0.2) is 84.4 Å². The van der Waals surface area contributed by atoms with Crippen molar-refractivity contribution >= 4 is 34.1 Å². The Hall–Kier alpha value is -4.96. The van der Waals surface area contributed by atoms with Crippen LogP contribution in [-0.4, -0.2) is 10.8 Å². The van der Waals surface area contributed by atoms with Crippen molar-refractivity contribution in [1.82, 2.24) is 0 Å². The van der Waals surface area contributed by atoms with Gasteiger partial charge in [-0.05, 0) is 66.1 Å². The predicted octanol–water partition coefficient (Wildman–Crippen LogP) is 6.49. The third-order valence-corrected chi connectivity index (χ3v) is 5.76. The normalized spacial score (nSPS) is 11.1. The van der Waals surface area contributed by atoms with Crippen LogP contribution in [0, 0.1) is 35.3 Å². The van der Waals surface area contributed by atoms with Crippen molar-refractivity contribution in [2.45, 2.75) is 20.5 Å². The van der Waals surface area contributed by atoms with Crippen LogP contribution < -0.4 is 10.1 Å². The molecule has 0 saturated carbocycles. The fourth-order valence-corrected chi connectivity index (χ4v) is 3.86. The first kappa shape index (κ1) is 24.2. The van der Waals surface area contributed by atoms with Crippen molar-refractivity contribution in [2.24, 2.45) is 0 Å². The number of non-ortho nitro benzene ring substituents is 1. The smallest absolute Gasteiger partial charge is 0.269 e. The molecule has 7 heteroatoms. The summed E-state index contributed by atoms with van der Waals surface area (Å²) in [7, 11) is 0. The Labute approximate surface area is 208 Å². The summed E-state index contributed by atoms with van der Waals surface area (Å²) in [6, 6.07) is 25.1. The molecule has 0 saturated heterocycles. The number of nitrogens with one attached hydrogen (secondary N) is 1. The third kappa shape index (κ3) is 5.40. The molecule has 1 amide bonds. The van der Waals surface area contributed by atoms with Crippen LogP contribution in [-0.2, 0) is 11.4 Å². The number of carbonyl (C=O) groups excluding carboxylic acids is 1. The van der Waals surface area contributed by atoms with E-state index in [1.807, 2.05) is 68.4 Å². The summed E-state index contributed by atoms with van der Waals surface area (Å²) in [6.07, 6.45) is 1.53. The van der Waals surface area contributed by atoms with Gasteiger partial charge in [0.05, 0.1) is 4.92 Å². The number of hydrogen-bond donors (Lipinski definition) is 1. The van der Waals surface area contributed by atoms with Gasteiger partial charge in [-0.25, -0.2) is 0 Å². The number of anilines is 1. The molecular formula is C29H23N3O4. The maximum atomic E-state index is 13.0. The molecule has 0 aliphatic rings. The van der Waals surface area contributed by atoms with Gasteiger partial charge < -0.3 is 10.1 Å². The zero-order valence-corrected chi connectivity index (χ0v) is 19.8. The molecule has 4 aromatic rings. The van der Waals surface area contributed by atoms with Gasteiger partial charge in [0.15, 0.2) is 0 Å². The molecule has 178 valence electrons. The number of fused-ring (bicyclic) bond motifs is 1. The highest BCUT2D eigenvalue weighted by Crippen LogP contribution is 2.31. The Morgan fingerprint density at radius 2 is 1.81 bits per heavy atom. The molecule has 4 aromatic carbocycles. The number of nitrogens with zero attached hydrogens (tertiary/aromatic N) is 2. The van der Waals surface area contributed by atoms with E-state index in [0.29, 0.717) is 17.0 Å². The molecule has 0 heterocycles. The van der Waals surface area contributed by atoms with Gasteiger partial charge in [-0.1, -0.05) is 48.0 Å². The van der Waals surface area contributed by atoms with E-state index in [1.54, 1.807) is 18.2 Å². The lowest BCUT2D eigenvalue weighted by Crippen LogP contribution is -2.14. The summed E-state index contributed by atoms with van der Waals surface area (Å²) in [5.41, 5.74) is 3.90. The molecule has 0 aromatic heterocycles. The molecule has 1 N–H and O–H groups in total. The number of nitriles is 1. The summed E-state index contributed by atoms with van der Waals surface area (Å²) in [4.78, 5) is 23.5. The molecule has 0 atom stereocenters. The number of hydrogen-bond acceptors (Lipinski definition) is 5. The van der Waals surface area contributed by atoms with Crippen molar-refractivity contribution in [1.29, 1.82) is 5.26 Å². The first-order chi connectivity index (χ1) is 17.4. The van der Waals surface area contributed by atoms with Crippen molar-refractivity contribution < 1.29 is 14.5 Å². The first-order valence-electron chi connectivity index (χ1n) is 11.2. The van der Waals surface area contributed by atoms with Crippen molar-refractivity contribution in [3.05, 3.63) is 117 Å². The number of rotatable bonds is 7. The van der Waals surface area contributed by atoms with Crippen molar-refractivity contribution in [2.75, 3.05) is 5.32 Å². The maximum absolute atomic E-state index is 13.0. The summed E-state index contributed by atoms with van der Waals surface area (Å²) >= 11 is 0. The van der Waals surface area contributed by atoms with Crippen LogP contribution in [0.1, 0.15) is 22.3 Å². The second-order valence-electron chi connectivity index (χ2n) is 8.35. The number of benzene rings is 4. The molecule has 0 fully saturated rings. The van der Waals surface area contributed by atoms with Gasteiger partial charge in [0, 0.05) is 23.4 Å². The van der Waals surface area contributed by atoms with Crippen LogP contribution in [0.3, 0.4) is 0 Å². The maximum Gasteiger partial charge on any atom is 0.269 e. The monoisotopic (exact) mass is 477 g/mol. The number of ether oxygens (including phenoxy) is 1. The summed E-state index contributed by atoms with van der Waals surface area (Å²) in [6.45, 7) is 4.03. The van der Waals surface area contributed by atoms with Crippen molar-refractivity contribution in [3.63, 3.8) is 0 Å². The van der Waals surface area contributed by atoms with Gasteiger partial charge in [0.25, 0.3) is 11.6 Å². The van der Waals surface area contributed by atoms with Gasteiger partial charge in [-0.2, -0.15) is 5.26 Å². The average molecular weight is 478 g/mol. The minimum atomic E-state index is -0.515.